The van der Waals surface area contributed by atoms with Crippen LogP contribution in [0.5, 0.6) is 0 Å². The van der Waals surface area contributed by atoms with Crippen LogP contribution in [0, 0.1) is 6.92 Å². The summed E-state index contributed by atoms with van der Waals surface area (Å²) >= 11 is 5.76. The predicted molar refractivity (Wildman–Crippen MR) is 162 cm³/mol. The molecule has 3 aromatic rings. The molecule has 7 nitrogen and oxygen atoms in total. The van der Waals surface area contributed by atoms with Crippen LogP contribution < -0.4 is 9.62 Å². The van der Waals surface area contributed by atoms with Crippen LogP contribution in [0.4, 0.5) is 18.9 Å². The van der Waals surface area contributed by atoms with Crippen LogP contribution in [0.15, 0.2) is 72.8 Å². The van der Waals surface area contributed by atoms with Crippen LogP contribution in [0.1, 0.15) is 42.0 Å². The SMILES string of the molecule is CCCCNC(=O)C(Cc1ccccc1)N(Cc1ccc(C)cc1)C(=O)CN(c1ccc(Cl)c(C(F)(F)F)c1)S(C)(=O)=O. The van der Waals surface area contributed by atoms with Gasteiger partial charge in [-0.05, 0) is 42.7 Å². The topological polar surface area (TPSA) is 86.8 Å². The summed E-state index contributed by atoms with van der Waals surface area (Å²) in [5.74, 6) is -1.18. The maximum Gasteiger partial charge on any atom is 0.417 e. The average molecular weight is 638 g/mol. The van der Waals surface area contributed by atoms with Gasteiger partial charge >= 0.3 is 6.18 Å². The molecule has 3 aromatic carbocycles. The lowest BCUT2D eigenvalue weighted by Crippen LogP contribution is -2.53. The molecule has 0 heterocycles. The first-order valence-corrected chi connectivity index (χ1v) is 15.9. The van der Waals surface area contributed by atoms with E-state index in [0.717, 1.165) is 42.4 Å². The summed E-state index contributed by atoms with van der Waals surface area (Å²) in [6.45, 7) is 3.38. The number of halogens is 4. The fourth-order valence-electron chi connectivity index (χ4n) is 4.45. The van der Waals surface area contributed by atoms with Gasteiger partial charge in [-0.3, -0.25) is 13.9 Å². The van der Waals surface area contributed by atoms with Crippen molar-refractivity contribution in [3.8, 4) is 0 Å². The molecule has 0 bridgehead atoms. The molecule has 1 unspecified atom stereocenters. The highest BCUT2D eigenvalue weighted by Crippen LogP contribution is 2.37. The van der Waals surface area contributed by atoms with Crippen molar-refractivity contribution >= 4 is 39.1 Å². The van der Waals surface area contributed by atoms with E-state index >= 15 is 0 Å². The number of aryl methyl sites for hydroxylation is 1. The van der Waals surface area contributed by atoms with E-state index < -0.39 is 51.2 Å². The monoisotopic (exact) mass is 637 g/mol. The van der Waals surface area contributed by atoms with Gasteiger partial charge in [0.05, 0.1) is 22.5 Å². The molecule has 0 fully saturated rings. The lowest BCUT2D eigenvalue weighted by Gasteiger charge is -2.33. The molecule has 232 valence electrons. The van der Waals surface area contributed by atoms with Crippen molar-refractivity contribution in [3.05, 3.63) is 100 Å². The summed E-state index contributed by atoms with van der Waals surface area (Å²) in [6, 6.07) is 18.0. The molecule has 0 aromatic heterocycles. The van der Waals surface area contributed by atoms with Gasteiger partial charge in [-0.1, -0.05) is 85.1 Å². The number of carbonyl (C=O) groups excluding carboxylic acids is 2. The third-order valence-corrected chi connectivity index (χ3v) is 8.27. The molecule has 0 radical (unpaired) electrons. The number of nitrogens with zero attached hydrogens (tertiary/aromatic N) is 2. The Morgan fingerprint density at radius 1 is 0.977 bits per heavy atom. The Labute approximate surface area is 255 Å². The van der Waals surface area contributed by atoms with Gasteiger partial charge in [0.15, 0.2) is 0 Å². The van der Waals surface area contributed by atoms with Gasteiger partial charge < -0.3 is 10.2 Å². The largest absolute Gasteiger partial charge is 0.417 e. The van der Waals surface area contributed by atoms with Gasteiger partial charge in [-0.15, -0.1) is 0 Å². The number of hydrogen-bond donors (Lipinski definition) is 1. The molecule has 43 heavy (non-hydrogen) atoms. The molecule has 1 atom stereocenters. The molecule has 3 rings (SSSR count). The first-order chi connectivity index (χ1) is 20.2. The van der Waals surface area contributed by atoms with E-state index in [0.29, 0.717) is 22.5 Å². The minimum absolute atomic E-state index is 0.0379. The summed E-state index contributed by atoms with van der Waals surface area (Å²) < 4.78 is 67.1. The number of rotatable bonds is 13. The Kier molecular flexibility index (Phi) is 11.6. The number of alkyl halides is 3. The molecular weight excluding hydrogens is 603 g/mol. The highest BCUT2D eigenvalue weighted by Gasteiger charge is 2.36. The zero-order valence-electron chi connectivity index (χ0n) is 24.2. The summed E-state index contributed by atoms with van der Waals surface area (Å²) in [5.41, 5.74) is 0.824. The fourth-order valence-corrected chi connectivity index (χ4v) is 5.52. The van der Waals surface area contributed by atoms with Crippen LogP contribution in [-0.4, -0.2) is 50.5 Å². The number of nitrogens with one attached hydrogen (secondary N) is 1. The third-order valence-electron chi connectivity index (χ3n) is 6.80. The van der Waals surface area contributed by atoms with E-state index in [1.54, 1.807) is 24.3 Å². The van der Waals surface area contributed by atoms with Gasteiger partial charge in [0.1, 0.15) is 12.6 Å². The standard InChI is InChI=1S/C31H35ClF3N3O4S/c1-4-5-17-36-30(40)28(18-23-9-7-6-8-10-23)37(20-24-13-11-22(2)12-14-24)29(39)21-38(43(3,41)42)25-15-16-27(32)26(19-25)31(33,34)35/h6-16,19,28H,4-5,17-18,20-21H2,1-3H3,(H,36,40). The van der Waals surface area contributed by atoms with Gasteiger partial charge in [-0.25, -0.2) is 8.42 Å². The number of unbranched alkanes of at least 4 members (excludes halogenated alkanes) is 1. The molecular formula is C31H35ClF3N3O4S. The second kappa shape index (κ2) is 14.7. The zero-order valence-corrected chi connectivity index (χ0v) is 25.8. The van der Waals surface area contributed by atoms with Gasteiger partial charge in [-0.2, -0.15) is 13.2 Å². The smallest absolute Gasteiger partial charge is 0.354 e. The molecule has 0 aliphatic heterocycles. The normalized spacial score (nSPS) is 12.4. The van der Waals surface area contributed by atoms with E-state index in [-0.39, 0.29) is 18.7 Å². The molecule has 12 heteroatoms. The Bertz CT molecular complexity index is 1500. The van der Waals surface area contributed by atoms with Gasteiger partial charge in [0, 0.05) is 19.5 Å². The average Bonchev–Trinajstić information content (AvgIpc) is 2.94. The van der Waals surface area contributed by atoms with E-state index in [1.165, 1.54) is 4.90 Å². The summed E-state index contributed by atoms with van der Waals surface area (Å²) in [6.07, 6.45) is -2.37. The van der Waals surface area contributed by atoms with E-state index in [9.17, 15) is 31.2 Å². The first-order valence-electron chi connectivity index (χ1n) is 13.7. The molecule has 2 amide bonds. The first kappa shape index (κ1) is 33.9. The molecule has 1 N–H and O–H groups in total. The van der Waals surface area contributed by atoms with Gasteiger partial charge in [0.2, 0.25) is 21.8 Å². The Balaban J connectivity index is 2.07. The van der Waals surface area contributed by atoms with Crippen molar-refractivity contribution in [1.29, 1.82) is 0 Å². The Morgan fingerprint density at radius 2 is 1.63 bits per heavy atom. The highest BCUT2D eigenvalue weighted by molar-refractivity contribution is 7.92. The van der Waals surface area contributed by atoms with Crippen LogP contribution in [-0.2, 0) is 38.8 Å². The van der Waals surface area contributed by atoms with E-state index in [4.69, 9.17) is 11.6 Å². The van der Waals surface area contributed by atoms with Crippen LogP contribution in [0.2, 0.25) is 5.02 Å². The number of anilines is 1. The number of sulfonamides is 1. The molecule has 0 saturated heterocycles. The van der Waals surface area contributed by atoms with Crippen molar-refractivity contribution in [3.63, 3.8) is 0 Å². The lowest BCUT2D eigenvalue weighted by molar-refractivity contribution is -0.140. The summed E-state index contributed by atoms with van der Waals surface area (Å²) in [4.78, 5) is 28.9. The maximum absolute atomic E-state index is 14.1. The van der Waals surface area contributed by atoms with E-state index in [1.807, 2.05) is 44.2 Å². The van der Waals surface area contributed by atoms with Crippen molar-refractivity contribution in [1.82, 2.24) is 10.2 Å². The van der Waals surface area contributed by atoms with Gasteiger partial charge in [0.25, 0.3) is 0 Å². The minimum atomic E-state index is -4.85. The third kappa shape index (κ3) is 9.72. The predicted octanol–water partition coefficient (Wildman–Crippen LogP) is 5.99. The lowest BCUT2D eigenvalue weighted by atomic mass is 10.0. The minimum Gasteiger partial charge on any atom is -0.354 e. The number of hydrogen-bond acceptors (Lipinski definition) is 4. The quantitative estimate of drug-likeness (QED) is 0.233. The molecule has 0 saturated carbocycles. The number of carbonyl (C=O) groups is 2. The zero-order chi connectivity index (χ0) is 31.8. The maximum atomic E-state index is 14.1. The van der Waals surface area contributed by atoms with Crippen LogP contribution in [0.3, 0.4) is 0 Å². The van der Waals surface area contributed by atoms with Crippen LogP contribution in [0.25, 0.3) is 0 Å². The fraction of sp³-hybridized carbons (Fsp3) is 0.355. The van der Waals surface area contributed by atoms with Crippen LogP contribution >= 0.6 is 11.6 Å². The van der Waals surface area contributed by atoms with Crippen molar-refractivity contribution in [2.75, 3.05) is 23.7 Å². The Hall–Kier alpha value is -3.57. The second-order valence-corrected chi connectivity index (χ2v) is 12.6. The molecule has 0 aliphatic carbocycles. The summed E-state index contributed by atoms with van der Waals surface area (Å²) in [5, 5.41) is 2.27. The van der Waals surface area contributed by atoms with Crippen molar-refractivity contribution in [2.45, 2.75) is 51.9 Å². The van der Waals surface area contributed by atoms with Crippen molar-refractivity contribution < 1.29 is 31.2 Å². The highest BCUT2D eigenvalue weighted by atomic mass is 35.5. The molecule has 0 aliphatic rings. The van der Waals surface area contributed by atoms with E-state index in [2.05, 4.69) is 5.32 Å². The number of benzene rings is 3. The Morgan fingerprint density at radius 3 is 2.21 bits per heavy atom. The van der Waals surface area contributed by atoms with Crippen molar-refractivity contribution in [2.24, 2.45) is 0 Å². The molecule has 0 spiro atoms. The number of amides is 2. The second-order valence-electron chi connectivity index (χ2n) is 10.3. The summed E-state index contributed by atoms with van der Waals surface area (Å²) in [7, 11) is -4.25.